The molecule has 0 amide bonds. The van der Waals surface area contributed by atoms with Crippen molar-refractivity contribution in [3.63, 3.8) is 0 Å². The van der Waals surface area contributed by atoms with Gasteiger partial charge in [0.05, 0.1) is 17.6 Å². The van der Waals surface area contributed by atoms with Crippen molar-refractivity contribution in [3.05, 3.63) is 30.2 Å². The minimum Gasteiger partial charge on any atom is -0.396 e. The average molecular weight is 188 g/mol. The van der Waals surface area contributed by atoms with E-state index in [1.165, 1.54) is 0 Å². The molecule has 2 heterocycles. The number of nitrogen functional groups attached to an aromatic ring is 1. The summed E-state index contributed by atoms with van der Waals surface area (Å²) in [7, 11) is 1.87. The van der Waals surface area contributed by atoms with E-state index in [4.69, 9.17) is 5.73 Å². The molecule has 0 aliphatic heterocycles. The van der Waals surface area contributed by atoms with Crippen molar-refractivity contribution < 1.29 is 0 Å². The minimum absolute atomic E-state index is 0.679. The van der Waals surface area contributed by atoms with Gasteiger partial charge in [-0.2, -0.15) is 5.10 Å². The van der Waals surface area contributed by atoms with Crippen molar-refractivity contribution in [1.29, 1.82) is 0 Å². The lowest BCUT2D eigenvalue weighted by atomic mass is 10.2. The predicted octanol–water partition coefficient (Wildman–Crippen LogP) is 1.37. The summed E-state index contributed by atoms with van der Waals surface area (Å²) >= 11 is 0. The van der Waals surface area contributed by atoms with Crippen LogP contribution in [-0.4, -0.2) is 14.8 Å². The quantitative estimate of drug-likeness (QED) is 0.735. The van der Waals surface area contributed by atoms with Gasteiger partial charge in [-0.15, -0.1) is 0 Å². The van der Waals surface area contributed by atoms with Crippen molar-refractivity contribution in [2.75, 3.05) is 5.73 Å². The number of aromatic nitrogens is 3. The number of hydrogen-bond donors (Lipinski definition) is 1. The molecular formula is C10H12N4. The first kappa shape index (κ1) is 8.74. The molecule has 4 nitrogen and oxygen atoms in total. The summed E-state index contributed by atoms with van der Waals surface area (Å²) in [6, 6.07) is 3.96. The van der Waals surface area contributed by atoms with Crippen molar-refractivity contribution in [1.82, 2.24) is 14.8 Å². The van der Waals surface area contributed by atoms with Gasteiger partial charge >= 0.3 is 0 Å². The van der Waals surface area contributed by atoms with Crippen LogP contribution in [0.25, 0.3) is 11.3 Å². The molecule has 0 unspecified atom stereocenters. The summed E-state index contributed by atoms with van der Waals surface area (Å²) in [6.07, 6.45) is 3.46. The number of rotatable bonds is 1. The SMILES string of the molecule is Cc1ccc(-c2c(N)cnn2C)cn1. The van der Waals surface area contributed by atoms with Gasteiger partial charge in [0.25, 0.3) is 0 Å². The molecule has 2 aromatic heterocycles. The lowest BCUT2D eigenvalue weighted by Crippen LogP contribution is -1.96. The van der Waals surface area contributed by atoms with Gasteiger partial charge in [0, 0.05) is 24.5 Å². The van der Waals surface area contributed by atoms with E-state index < -0.39 is 0 Å². The Morgan fingerprint density at radius 2 is 2.07 bits per heavy atom. The van der Waals surface area contributed by atoms with Crippen molar-refractivity contribution in [2.24, 2.45) is 7.05 Å². The van der Waals surface area contributed by atoms with Gasteiger partial charge in [-0.25, -0.2) is 0 Å². The summed E-state index contributed by atoms with van der Waals surface area (Å²) < 4.78 is 1.75. The smallest absolute Gasteiger partial charge is 0.0924 e. The summed E-state index contributed by atoms with van der Waals surface area (Å²) in [5.74, 6) is 0. The fraction of sp³-hybridized carbons (Fsp3) is 0.200. The molecular weight excluding hydrogens is 176 g/mol. The maximum absolute atomic E-state index is 5.80. The molecule has 2 aromatic rings. The average Bonchev–Trinajstić information content (AvgIpc) is 2.49. The zero-order valence-corrected chi connectivity index (χ0v) is 8.23. The number of aryl methyl sites for hydroxylation is 2. The van der Waals surface area contributed by atoms with Crippen molar-refractivity contribution in [2.45, 2.75) is 6.92 Å². The fourth-order valence-electron chi connectivity index (χ4n) is 1.42. The third-order valence-corrected chi connectivity index (χ3v) is 2.15. The first-order valence-corrected chi connectivity index (χ1v) is 4.39. The topological polar surface area (TPSA) is 56.7 Å². The normalized spacial score (nSPS) is 10.4. The number of anilines is 1. The maximum Gasteiger partial charge on any atom is 0.0924 e. The van der Waals surface area contributed by atoms with Gasteiger partial charge in [0.1, 0.15) is 0 Å². The lowest BCUT2D eigenvalue weighted by Gasteiger charge is -2.03. The summed E-state index contributed by atoms with van der Waals surface area (Å²) in [4.78, 5) is 4.22. The largest absolute Gasteiger partial charge is 0.396 e. The van der Waals surface area contributed by atoms with Crippen LogP contribution in [0.4, 0.5) is 5.69 Å². The Labute approximate surface area is 82.4 Å². The Kier molecular flexibility index (Phi) is 1.96. The van der Waals surface area contributed by atoms with E-state index in [9.17, 15) is 0 Å². The highest BCUT2D eigenvalue weighted by Gasteiger charge is 2.07. The van der Waals surface area contributed by atoms with Crippen molar-refractivity contribution >= 4 is 5.69 Å². The van der Waals surface area contributed by atoms with Crippen LogP contribution < -0.4 is 5.73 Å². The Morgan fingerprint density at radius 3 is 2.57 bits per heavy atom. The molecule has 0 saturated carbocycles. The first-order valence-electron chi connectivity index (χ1n) is 4.39. The van der Waals surface area contributed by atoms with E-state index in [0.717, 1.165) is 17.0 Å². The van der Waals surface area contributed by atoms with Crippen LogP contribution in [0.3, 0.4) is 0 Å². The Balaban J connectivity index is 2.54. The highest BCUT2D eigenvalue weighted by Crippen LogP contribution is 2.23. The lowest BCUT2D eigenvalue weighted by molar-refractivity contribution is 0.775. The van der Waals surface area contributed by atoms with Gasteiger partial charge in [0.2, 0.25) is 0 Å². The molecule has 0 fully saturated rings. The third-order valence-electron chi connectivity index (χ3n) is 2.15. The monoisotopic (exact) mass is 188 g/mol. The first-order chi connectivity index (χ1) is 6.68. The van der Waals surface area contributed by atoms with Crippen LogP contribution in [-0.2, 0) is 7.05 Å². The number of nitrogens with two attached hydrogens (primary N) is 1. The molecule has 0 atom stereocenters. The van der Waals surface area contributed by atoms with E-state index >= 15 is 0 Å². The predicted molar refractivity (Wildman–Crippen MR) is 55.6 cm³/mol. The fourth-order valence-corrected chi connectivity index (χ4v) is 1.42. The van der Waals surface area contributed by atoms with Crippen LogP contribution in [0.1, 0.15) is 5.69 Å². The van der Waals surface area contributed by atoms with E-state index in [-0.39, 0.29) is 0 Å². The van der Waals surface area contributed by atoms with Gasteiger partial charge < -0.3 is 5.73 Å². The Morgan fingerprint density at radius 1 is 1.29 bits per heavy atom. The highest BCUT2D eigenvalue weighted by molar-refractivity contribution is 5.71. The zero-order chi connectivity index (χ0) is 10.1. The van der Waals surface area contributed by atoms with Crippen LogP contribution in [0.2, 0.25) is 0 Å². The maximum atomic E-state index is 5.80. The van der Waals surface area contributed by atoms with Gasteiger partial charge in [-0.05, 0) is 19.1 Å². The van der Waals surface area contributed by atoms with Gasteiger partial charge in [0.15, 0.2) is 0 Å². The second-order valence-electron chi connectivity index (χ2n) is 3.26. The van der Waals surface area contributed by atoms with E-state index in [1.807, 2.05) is 32.3 Å². The second kappa shape index (κ2) is 3.14. The van der Waals surface area contributed by atoms with Crippen LogP contribution in [0.15, 0.2) is 24.5 Å². The molecule has 0 aromatic carbocycles. The Bertz CT molecular complexity index is 422. The number of nitrogens with zero attached hydrogens (tertiary/aromatic N) is 3. The van der Waals surface area contributed by atoms with Crippen LogP contribution >= 0.6 is 0 Å². The molecule has 0 aliphatic carbocycles. The Hall–Kier alpha value is -1.84. The summed E-state index contributed by atoms with van der Waals surface area (Å²) in [5.41, 5.74) is 9.38. The van der Waals surface area contributed by atoms with Crippen molar-refractivity contribution in [3.8, 4) is 11.3 Å². The molecule has 2 N–H and O–H groups in total. The van der Waals surface area contributed by atoms with E-state index in [1.54, 1.807) is 10.9 Å². The second-order valence-corrected chi connectivity index (χ2v) is 3.26. The molecule has 14 heavy (non-hydrogen) atoms. The summed E-state index contributed by atoms with van der Waals surface area (Å²) in [6.45, 7) is 1.95. The molecule has 72 valence electrons. The molecule has 0 saturated heterocycles. The molecule has 0 aliphatic rings. The van der Waals surface area contributed by atoms with Crippen LogP contribution in [0.5, 0.6) is 0 Å². The van der Waals surface area contributed by atoms with Gasteiger partial charge in [-0.1, -0.05) is 0 Å². The summed E-state index contributed by atoms with van der Waals surface area (Å²) in [5, 5.41) is 4.08. The molecule has 4 heteroatoms. The zero-order valence-electron chi connectivity index (χ0n) is 8.23. The highest BCUT2D eigenvalue weighted by atomic mass is 15.3. The number of hydrogen-bond acceptors (Lipinski definition) is 3. The molecule has 0 spiro atoms. The molecule has 2 rings (SSSR count). The standard InChI is InChI=1S/C10H12N4/c1-7-3-4-8(5-12-7)10-9(11)6-13-14(10)2/h3-6H,11H2,1-2H3. The minimum atomic E-state index is 0.679. The molecule has 0 radical (unpaired) electrons. The number of pyridine rings is 1. The third kappa shape index (κ3) is 1.35. The van der Waals surface area contributed by atoms with E-state index in [0.29, 0.717) is 5.69 Å². The van der Waals surface area contributed by atoms with E-state index in [2.05, 4.69) is 10.1 Å². The van der Waals surface area contributed by atoms with Gasteiger partial charge in [-0.3, -0.25) is 9.67 Å². The molecule has 0 bridgehead atoms. The van der Waals surface area contributed by atoms with Crippen LogP contribution in [0, 0.1) is 6.92 Å².